The van der Waals surface area contributed by atoms with Crippen molar-refractivity contribution in [3.8, 4) is 5.75 Å². The number of ether oxygens (including phenoxy) is 1. The lowest BCUT2D eigenvalue weighted by Gasteiger charge is -2.20. The van der Waals surface area contributed by atoms with E-state index in [1.54, 1.807) is 18.2 Å². The summed E-state index contributed by atoms with van der Waals surface area (Å²) in [4.78, 5) is 27.2. The van der Waals surface area contributed by atoms with Gasteiger partial charge in [0.2, 0.25) is 0 Å². The maximum Gasteiger partial charge on any atom is 0.332 e. The van der Waals surface area contributed by atoms with Crippen molar-refractivity contribution in [3.05, 3.63) is 23.2 Å². The molecule has 1 aliphatic heterocycles. The third-order valence-electron chi connectivity index (χ3n) is 3.00. The summed E-state index contributed by atoms with van der Waals surface area (Å²) in [6, 6.07) is 4.53. The molecule has 6 heteroatoms. The summed E-state index contributed by atoms with van der Waals surface area (Å²) in [6.07, 6.45) is 0. The molecule has 0 N–H and O–H groups in total. The molecular formula is C14H17ClN2O3. The maximum absolute atomic E-state index is 12.4. The number of hydrogen-bond donors (Lipinski definition) is 0. The lowest BCUT2D eigenvalue weighted by atomic mass is 10.2. The molecule has 0 unspecified atom stereocenters. The van der Waals surface area contributed by atoms with E-state index in [4.69, 9.17) is 16.3 Å². The fraction of sp³-hybridized carbons (Fsp3) is 0.429. The van der Waals surface area contributed by atoms with Gasteiger partial charge in [-0.1, -0.05) is 25.4 Å². The Hall–Kier alpha value is -1.75. The average Bonchev–Trinajstić information content (AvgIpc) is 2.63. The van der Waals surface area contributed by atoms with Crippen LogP contribution in [-0.2, 0) is 4.79 Å². The average molecular weight is 297 g/mol. The van der Waals surface area contributed by atoms with Gasteiger partial charge in [-0.05, 0) is 24.1 Å². The molecule has 0 radical (unpaired) electrons. The van der Waals surface area contributed by atoms with Gasteiger partial charge in [0.1, 0.15) is 12.3 Å². The number of hydrogen-bond acceptors (Lipinski definition) is 3. The van der Waals surface area contributed by atoms with Crippen LogP contribution in [-0.4, -0.2) is 37.0 Å². The Morgan fingerprint density at radius 3 is 2.65 bits per heavy atom. The minimum absolute atomic E-state index is 0.0900. The molecule has 0 saturated carbocycles. The molecule has 1 saturated heterocycles. The zero-order chi connectivity index (χ0) is 14.9. The topological polar surface area (TPSA) is 49.9 Å². The molecule has 0 bridgehead atoms. The third-order valence-corrected chi connectivity index (χ3v) is 3.24. The monoisotopic (exact) mass is 296 g/mol. The largest absolute Gasteiger partial charge is 0.495 e. The van der Waals surface area contributed by atoms with Crippen molar-refractivity contribution in [2.24, 2.45) is 5.92 Å². The highest BCUT2D eigenvalue weighted by Gasteiger charge is 2.38. The first-order chi connectivity index (χ1) is 9.43. The number of rotatable bonds is 4. The van der Waals surface area contributed by atoms with Crippen LogP contribution in [0.3, 0.4) is 0 Å². The molecular weight excluding hydrogens is 280 g/mol. The Morgan fingerprint density at radius 2 is 2.05 bits per heavy atom. The number of benzene rings is 1. The molecule has 1 aliphatic rings. The molecule has 1 heterocycles. The fourth-order valence-corrected chi connectivity index (χ4v) is 2.37. The zero-order valence-electron chi connectivity index (χ0n) is 11.7. The highest BCUT2D eigenvalue weighted by Crippen LogP contribution is 2.33. The Balaban J connectivity index is 2.35. The SMILES string of the molecule is COc1ccc(Cl)cc1N1C(=O)CN(CC(C)C)C1=O. The number of urea groups is 1. The van der Waals surface area contributed by atoms with Crippen LogP contribution in [0.2, 0.25) is 5.02 Å². The summed E-state index contributed by atoms with van der Waals surface area (Å²) in [5.41, 5.74) is 0.390. The minimum atomic E-state index is -0.329. The van der Waals surface area contributed by atoms with Crippen molar-refractivity contribution < 1.29 is 14.3 Å². The van der Waals surface area contributed by atoms with Crippen LogP contribution in [0.1, 0.15) is 13.8 Å². The normalized spacial score (nSPS) is 15.4. The van der Waals surface area contributed by atoms with E-state index in [0.29, 0.717) is 28.9 Å². The molecule has 1 aromatic carbocycles. The van der Waals surface area contributed by atoms with Crippen molar-refractivity contribution in [2.45, 2.75) is 13.8 Å². The maximum atomic E-state index is 12.4. The van der Waals surface area contributed by atoms with Gasteiger partial charge in [-0.25, -0.2) is 9.69 Å². The lowest BCUT2D eigenvalue weighted by Crippen LogP contribution is -2.34. The van der Waals surface area contributed by atoms with Crippen LogP contribution in [0.4, 0.5) is 10.5 Å². The van der Waals surface area contributed by atoms with E-state index in [9.17, 15) is 9.59 Å². The van der Waals surface area contributed by atoms with E-state index in [1.165, 1.54) is 12.0 Å². The summed E-state index contributed by atoms with van der Waals surface area (Å²) >= 11 is 5.95. The predicted molar refractivity (Wildman–Crippen MR) is 77.3 cm³/mol. The van der Waals surface area contributed by atoms with Gasteiger partial charge in [-0.3, -0.25) is 4.79 Å². The van der Waals surface area contributed by atoms with E-state index in [1.807, 2.05) is 13.8 Å². The molecule has 0 aliphatic carbocycles. The summed E-state index contributed by atoms with van der Waals surface area (Å²) in [5, 5.41) is 0.448. The van der Waals surface area contributed by atoms with Crippen LogP contribution in [0, 0.1) is 5.92 Å². The standard InChI is InChI=1S/C14H17ClN2O3/c1-9(2)7-16-8-13(18)17(14(16)19)11-6-10(15)4-5-12(11)20-3/h4-6,9H,7-8H2,1-3H3. The molecule has 1 fully saturated rings. The fourth-order valence-electron chi connectivity index (χ4n) is 2.21. The number of halogens is 1. The Morgan fingerprint density at radius 1 is 1.35 bits per heavy atom. The van der Waals surface area contributed by atoms with Gasteiger partial charge in [0.15, 0.2) is 0 Å². The van der Waals surface area contributed by atoms with Gasteiger partial charge in [0, 0.05) is 11.6 Å². The summed E-state index contributed by atoms with van der Waals surface area (Å²) < 4.78 is 5.20. The van der Waals surface area contributed by atoms with E-state index in [-0.39, 0.29) is 18.5 Å². The van der Waals surface area contributed by atoms with Gasteiger partial charge in [0.05, 0.1) is 12.8 Å². The van der Waals surface area contributed by atoms with E-state index in [0.717, 1.165) is 4.90 Å². The summed E-state index contributed by atoms with van der Waals surface area (Å²) in [6.45, 7) is 4.64. The van der Waals surface area contributed by atoms with Gasteiger partial charge in [-0.15, -0.1) is 0 Å². The quantitative estimate of drug-likeness (QED) is 0.803. The number of carbonyl (C=O) groups is 2. The summed E-state index contributed by atoms with van der Waals surface area (Å²) in [5.74, 6) is 0.478. The van der Waals surface area contributed by atoms with Crippen LogP contribution < -0.4 is 9.64 Å². The molecule has 0 spiro atoms. The van der Waals surface area contributed by atoms with Crippen molar-refractivity contribution in [1.82, 2.24) is 4.90 Å². The highest BCUT2D eigenvalue weighted by atomic mass is 35.5. The van der Waals surface area contributed by atoms with Gasteiger partial charge in [-0.2, -0.15) is 0 Å². The number of methoxy groups -OCH3 is 1. The van der Waals surface area contributed by atoms with Crippen molar-refractivity contribution in [1.29, 1.82) is 0 Å². The second-order valence-electron chi connectivity index (χ2n) is 5.10. The molecule has 3 amide bonds. The van der Waals surface area contributed by atoms with Gasteiger partial charge < -0.3 is 9.64 Å². The van der Waals surface area contributed by atoms with E-state index in [2.05, 4.69) is 0 Å². The molecule has 5 nitrogen and oxygen atoms in total. The Bertz CT molecular complexity index is 545. The zero-order valence-corrected chi connectivity index (χ0v) is 12.5. The minimum Gasteiger partial charge on any atom is -0.495 e. The first-order valence-electron chi connectivity index (χ1n) is 6.39. The van der Waals surface area contributed by atoms with E-state index >= 15 is 0 Å². The third kappa shape index (κ3) is 2.72. The first kappa shape index (κ1) is 14.7. The summed E-state index contributed by atoms with van der Waals surface area (Å²) in [7, 11) is 1.49. The van der Waals surface area contributed by atoms with Crippen LogP contribution in [0.5, 0.6) is 5.75 Å². The number of imide groups is 1. The number of carbonyl (C=O) groups excluding carboxylic acids is 2. The van der Waals surface area contributed by atoms with Crippen molar-refractivity contribution in [2.75, 3.05) is 25.1 Å². The number of amides is 3. The second-order valence-corrected chi connectivity index (χ2v) is 5.54. The number of nitrogens with zero attached hydrogens (tertiary/aromatic N) is 2. The first-order valence-corrected chi connectivity index (χ1v) is 6.77. The molecule has 2 rings (SSSR count). The second kappa shape index (κ2) is 5.71. The lowest BCUT2D eigenvalue weighted by molar-refractivity contribution is -0.116. The molecule has 108 valence electrons. The van der Waals surface area contributed by atoms with E-state index < -0.39 is 0 Å². The van der Waals surface area contributed by atoms with Crippen LogP contribution >= 0.6 is 11.6 Å². The Kier molecular flexibility index (Phi) is 4.18. The van der Waals surface area contributed by atoms with Gasteiger partial charge in [0.25, 0.3) is 5.91 Å². The molecule has 0 aromatic heterocycles. The number of anilines is 1. The highest BCUT2D eigenvalue weighted by molar-refractivity contribution is 6.31. The molecule has 1 aromatic rings. The molecule has 20 heavy (non-hydrogen) atoms. The van der Waals surface area contributed by atoms with Crippen LogP contribution in [0.15, 0.2) is 18.2 Å². The molecule has 0 atom stereocenters. The smallest absolute Gasteiger partial charge is 0.332 e. The van der Waals surface area contributed by atoms with Crippen LogP contribution in [0.25, 0.3) is 0 Å². The predicted octanol–water partition coefficient (Wildman–Crippen LogP) is 2.77. The van der Waals surface area contributed by atoms with Gasteiger partial charge >= 0.3 is 6.03 Å². The van der Waals surface area contributed by atoms with Crippen molar-refractivity contribution in [3.63, 3.8) is 0 Å². The Labute approximate surface area is 123 Å². The van der Waals surface area contributed by atoms with Crippen molar-refractivity contribution >= 4 is 29.2 Å².